The van der Waals surface area contributed by atoms with Gasteiger partial charge in [0.25, 0.3) is 0 Å². The number of hydrogen-bond donors (Lipinski definition) is 2. The molecule has 2 heteroatoms. The second-order valence-electron chi connectivity index (χ2n) is 4.03. The van der Waals surface area contributed by atoms with Gasteiger partial charge in [-0.3, -0.25) is 0 Å². The van der Waals surface area contributed by atoms with Crippen LogP contribution in [0.1, 0.15) is 22.3 Å². The smallest absolute Gasteiger partial charge is 0.0684 e. The molecule has 2 N–H and O–H groups in total. The van der Waals surface area contributed by atoms with Crippen LogP contribution < -0.4 is 0 Å². The van der Waals surface area contributed by atoms with Gasteiger partial charge < -0.3 is 10.2 Å². The van der Waals surface area contributed by atoms with E-state index in [1.807, 2.05) is 48.5 Å². The van der Waals surface area contributed by atoms with E-state index in [4.69, 9.17) is 0 Å². The van der Waals surface area contributed by atoms with Gasteiger partial charge >= 0.3 is 0 Å². The van der Waals surface area contributed by atoms with Crippen LogP contribution in [0.2, 0.25) is 0 Å². The van der Waals surface area contributed by atoms with Crippen LogP contribution in [0.15, 0.2) is 48.5 Å². The van der Waals surface area contributed by atoms with Crippen LogP contribution in [0, 0.1) is 0 Å². The minimum absolute atomic E-state index is 0.0530. The molecule has 0 fully saturated rings. The Kier molecular flexibility index (Phi) is 3.91. The Balaban J connectivity index is 2.31. The molecule has 0 spiro atoms. The van der Waals surface area contributed by atoms with Gasteiger partial charge in [-0.05, 0) is 28.7 Å². The summed E-state index contributed by atoms with van der Waals surface area (Å²) >= 11 is 0. The minimum atomic E-state index is 0.0530. The van der Waals surface area contributed by atoms with E-state index < -0.39 is 0 Å². The van der Waals surface area contributed by atoms with Crippen molar-refractivity contribution in [1.29, 1.82) is 0 Å². The first-order valence-electron chi connectivity index (χ1n) is 5.70. The molecule has 2 rings (SSSR count). The summed E-state index contributed by atoms with van der Waals surface area (Å²) in [4.78, 5) is 0. The third kappa shape index (κ3) is 2.73. The summed E-state index contributed by atoms with van der Waals surface area (Å²) in [5.74, 6) is 0. The molecule has 2 aromatic carbocycles. The van der Waals surface area contributed by atoms with E-state index in [2.05, 4.69) is 0 Å². The molecule has 0 unspecified atom stereocenters. The van der Waals surface area contributed by atoms with Gasteiger partial charge in [-0.2, -0.15) is 0 Å². The van der Waals surface area contributed by atoms with Crippen molar-refractivity contribution < 1.29 is 10.2 Å². The molecule has 0 heterocycles. The first kappa shape index (κ1) is 11.8. The van der Waals surface area contributed by atoms with Crippen molar-refractivity contribution in [1.82, 2.24) is 0 Å². The predicted octanol–water partition coefficient (Wildman–Crippen LogP) is 2.26. The third-order valence-corrected chi connectivity index (χ3v) is 2.96. The maximum atomic E-state index is 9.27. The normalized spacial score (nSPS) is 10.5. The van der Waals surface area contributed by atoms with Crippen molar-refractivity contribution in [2.75, 3.05) is 0 Å². The van der Waals surface area contributed by atoms with Gasteiger partial charge in [-0.25, -0.2) is 0 Å². The Morgan fingerprint density at radius 2 is 0.941 bits per heavy atom. The largest absolute Gasteiger partial charge is 0.392 e. The van der Waals surface area contributed by atoms with Crippen molar-refractivity contribution in [3.63, 3.8) is 0 Å². The SMILES string of the molecule is OCc1ccccc1Cc1ccccc1CO. The van der Waals surface area contributed by atoms with E-state index in [0.29, 0.717) is 0 Å². The molecule has 0 atom stereocenters. The van der Waals surface area contributed by atoms with Gasteiger partial charge in [0.15, 0.2) is 0 Å². The lowest BCUT2D eigenvalue weighted by Crippen LogP contribution is -1.99. The Hall–Kier alpha value is -1.64. The average Bonchev–Trinajstić information content (AvgIpc) is 2.40. The lowest BCUT2D eigenvalue weighted by Gasteiger charge is -2.10. The summed E-state index contributed by atoms with van der Waals surface area (Å²) < 4.78 is 0. The lowest BCUT2D eigenvalue weighted by atomic mass is 9.97. The molecule has 17 heavy (non-hydrogen) atoms. The summed E-state index contributed by atoms with van der Waals surface area (Å²) in [5, 5.41) is 18.5. The van der Waals surface area contributed by atoms with Gasteiger partial charge in [0.2, 0.25) is 0 Å². The van der Waals surface area contributed by atoms with Crippen LogP contribution in [0.5, 0.6) is 0 Å². The van der Waals surface area contributed by atoms with Crippen LogP contribution in [0.25, 0.3) is 0 Å². The molecule has 0 aliphatic carbocycles. The highest BCUT2D eigenvalue weighted by Crippen LogP contribution is 2.17. The van der Waals surface area contributed by atoms with Gasteiger partial charge in [0, 0.05) is 0 Å². The molecule has 0 aliphatic rings. The van der Waals surface area contributed by atoms with Crippen molar-refractivity contribution in [2.24, 2.45) is 0 Å². The number of hydrogen-bond acceptors (Lipinski definition) is 2. The van der Waals surface area contributed by atoms with Crippen LogP contribution in [-0.2, 0) is 19.6 Å². The molecule has 0 aliphatic heterocycles. The van der Waals surface area contributed by atoms with Crippen LogP contribution in [-0.4, -0.2) is 10.2 Å². The Labute approximate surface area is 101 Å². The van der Waals surface area contributed by atoms with Gasteiger partial charge in [-0.1, -0.05) is 48.5 Å². The highest BCUT2D eigenvalue weighted by molar-refractivity contribution is 5.36. The Bertz CT molecular complexity index is 446. The molecule has 0 saturated heterocycles. The molecule has 2 nitrogen and oxygen atoms in total. The maximum Gasteiger partial charge on any atom is 0.0684 e. The predicted molar refractivity (Wildman–Crippen MR) is 67.5 cm³/mol. The molecule has 88 valence electrons. The molecule has 0 bridgehead atoms. The van der Waals surface area contributed by atoms with E-state index >= 15 is 0 Å². The topological polar surface area (TPSA) is 40.5 Å². The lowest BCUT2D eigenvalue weighted by molar-refractivity contribution is 0.279. The summed E-state index contributed by atoms with van der Waals surface area (Å²) in [5.41, 5.74) is 4.10. The fourth-order valence-corrected chi connectivity index (χ4v) is 1.97. The molecule has 0 amide bonds. The number of benzene rings is 2. The van der Waals surface area contributed by atoms with Crippen molar-refractivity contribution in [2.45, 2.75) is 19.6 Å². The number of rotatable bonds is 4. The fourth-order valence-electron chi connectivity index (χ4n) is 1.97. The summed E-state index contributed by atoms with van der Waals surface area (Å²) in [7, 11) is 0. The highest BCUT2D eigenvalue weighted by Gasteiger charge is 2.05. The van der Waals surface area contributed by atoms with Crippen molar-refractivity contribution in [3.05, 3.63) is 70.8 Å². The summed E-state index contributed by atoms with van der Waals surface area (Å²) in [6.07, 6.45) is 0.744. The third-order valence-electron chi connectivity index (χ3n) is 2.96. The van der Waals surface area contributed by atoms with E-state index in [9.17, 15) is 10.2 Å². The van der Waals surface area contributed by atoms with E-state index in [-0.39, 0.29) is 13.2 Å². The van der Waals surface area contributed by atoms with Crippen LogP contribution in [0.3, 0.4) is 0 Å². The summed E-state index contributed by atoms with van der Waals surface area (Å²) in [6.45, 7) is 0.106. The highest BCUT2D eigenvalue weighted by atomic mass is 16.3. The standard InChI is InChI=1S/C15H16O2/c16-10-14-7-3-1-5-12(14)9-13-6-2-4-8-15(13)11-17/h1-8,16-17H,9-11H2. The quantitative estimate of drug-likeness (QED) is 0.842. The van der Waals surface area contributed by atoms with Crippen LogP contribution in [0.4, 0.5) is 0 Å². The van der Waals surface area contributed by atoms with Gasteiger partial charge in [0.05, 0.1) is 13.2 Å². The first-order valence-corrected chi connectivity index (χ1v) is 5.70. The molecule has 0 saturated carbocycles. The second-order valence-corrected chi connectivity index (χ2v) is 4.03. The fraction of sp³-hybridized carbons (Fsp3) is 0.200. The van der Waals surface area contributed by atoms with Gasteiger partial charge in [-0.15, -0.1) is 0 Å². The Morgan fingerprint density at radius 1 is 0.588 bits per heavy atom. The monoisotopic (exact) mass is 228 g/mol. The number of aliphatic hydroxyl groups is 2. The molecule has 2 aromatic rings. The van der Waals surface area contributed by atoms with Crippen molar-refractivity contribution in [3.8, 4) is 0 Å². The van der Waals surface area contributed by atoms with Crippen molar-refractivity contribution >= 4 is 0 Å². The number of aliphatic hydroxyl groups excluding tert-OH is 2. The van der Waals surface area contributed by atoms with E-state index in [0.717, 1.165) is 28.7 Å². The van der Waals surface area contributed by atoms with E-state index in [1.165, 1.54) is 0 Å². The van der Waals surface area contributed by atoms with Gasteiger partial charge in [0.1, 0.15) is 0 Å². The van der Waals surface area contributed by atoms with Crippen LogP contribution >= 0.6 is 0 Å². The molecular weight excluding hydrogens is 212 g/mol. The zero-order chi connectivity index (χ0) is 12.1. The summed E-state index contributed by atoms with van der Waals surface area (Å²) in [6, 6.07) is 15.7. The maximum absolute atomic E-state index is 9.27. The molecule has 0 aromatic heterocycles. The zero-order valence-corrected chi connectivity index (χ0v) is 9.63. The van der Waals surface area contributed by atoms with E-state index in [1.54, 1.807) is 0 Å². The molecule has 0 radical (unpaired) electrons. The minimum Gasteiger partial charge on any atom is -0.392 e. The second kappa shape index (κ2) is 5.62. The first-order chi connectivity index (χ1) is 8.35. The molecular formula is C15H16O2. The Morgan fingerprint density at radius 3 is 1.29 bits per heavy atom. The zero-order valence-electron chi connectivity index (χ0n) is 9.63. The average molecular weight is 228 g/mol.